The Morgan fingerprint density at radius 2 is 1.14 bits per heavy atom. The van der Waals surface area contributed by atoms with Crippen molar-refractivity contribution < 1.29 is 31.6 Å². The van der Waals surface area contributed by atoms with Crippen LogP contribution in [0.15, 0.2) is 91.0 Å². The highest BCUT2D eigenvalue weighted by atomic mass is 79.9. The van der Waals surface area contributed by atoms with Gasteiger partial charge in [0.25, 0.3) is 0 Å². The topological polar surface area (TPSA) is 46.5 Å². The SMILES string of the molecule is O=C(C[P+](c1ccccc1)(c1ccccc1)c1ccccc1)OCCCO.[Br-]. The van der Waals surface area contributed by atoms with Crippen LogP contribution in [0.2, 0.25) is 0 Å². The average molecular weight is 459 g/mol. The monoisotopic (exact) mass is 458 g/mol. The van der Waals surface area contributed by atoms with Crippen molar-refractivity contribution in [3.05, 3.63) is 91.0 Å². The van der Waals surface area contributed by atoms with Crippen LogP contribution in [0.25, 0.3) is 0 Å². The molecule has 0 aromatic heterocycles. The minimum atomic E-state index is -2.20. The smallest absolute Gasteiger partial charge is 0.345 e. The molecule has 0 aliphatic rings. The maximum absolute atomic E-state index is 12.8. The number of hydrogen-bond acceptors (Lipinski definition) is 3. The van der Waals surface area contributed by atoms with Gasteiger partial charge in [-0.25, -0.2) is 4.79 Å². The molecule has 146 valence electrons. The van der Waals surface area contributed by atoms with E-state index in [1.54, 1.807) is 0 Å². The van der Waals surface area contributed by atoms with Crippen molar-refractivity contribution in [2.45, 2.75) is 6.42 Å². The molecule has 0 aliphatic heterocycles. The van der Waals surface area contributed by atoms with Gasteiger partial charge in [0, 0.05) is 13.0 Å². The minimum Gasteiger partial charge on any atom is -1.00 e. The Kier molecular flexibility index (Phi) is 8.85. The van der Waals surface area contributed by atoms with Crippen LogP contribution in [-0.4, -0.2) is 30.5 Å². The van der Waals surface area contributed by atoms with Gasteiger partial charge in [-0.1, -0.05) is 54.6 Å². The third-order valence-electron chi connectivity index (χ3n) is 4.52. The van der Waals surface area contributed by atoms with Crippen molar-refractivity contribution in [2.75, 3.05) is 19.4 Å². The molecule has 28 heavy (non-hydrogen) atoms. The first-order valence-corrected chi connectivity index (χ1v) is 11.1. The fraction of sp³-hybridized carbons (Fsp3) is 0.174. The number of hydrogen-bond donors (Lipinski definition) is 1. The molecule has 0 bridgehead atoms. The van der Waals surface area contributed by atoms with Gasteiger partial charge >= 0.3 is 5.97 Å². The number of halogens is 1. The van der Waals surface area contributed by atoms with Crippen LogP contribution in [0, 0.1) is 0 Å². The van der Waals surface area contributed by atoms with Crippen molar-refractivity contribution in [2.24, 2.45) is 0 Å². The van der Waals surface area contributed by atoms with Crippen molar-refractivity contribution in [1.82, 2.24) is 0 Å². The molecule has 0 aliphatic carbocycles. The minimum absolute atomic E-state index is 0. The van der Waals surface area contributed by atoms with Gasteiger partial charge in [0.2, 0.25) is 0 Å². The van der Waals surface area contributed by atoms with E-state index in [2.05, 4.69) is 36.4 Å². The summed E-state index contributed by atoms with van der Waals surface area (Å²) in [4.78, 5) is 12.8. The lowest BCUT2D eigenvalue weighted by Gasteiger charge is -2.26. The summed E-state index contributed by atoms with van der Waals surface area (Å²) in [6.07, 6.45) is 0.760. The summed E-state index contributed by atoms with van der Waals surface area (Å²) in [6, 6.07) is 30.7. The second-order valence-corrected chi connectivity index (χ2v) is 9.76. The number of carbonyl (C=O) groups excluding carboxylic acids is 1. The fourth-order valence-corrected chi connectivity index (χ4v) is 7.22. The first kappa shape index (κ1) is 22.3. The number of carbonyl (C=O) groups is 1. The van der Waals surface area contributed by atoms with E-state index in [1.807, 2.05) is 54.6 Å². The molecule has 3 aromatic rings. The van der Waals surface area contributed by atoms with Gasteiger partial charge in [0.15, 0.2) is 6.16 Å². The molecule has 0 radical (unpaired) electrons. The zero-order valence-corrected chi connectivity index (χ0v) is 18.1. The summed E-state index contributed by atoms with van der Waals surface area (Å²) in [5, 5.41) is 12.4. The summed E-state index contributed by atoms with van der Waals surface area (Å²) in [5.41, 5.74) is 0. The highest BCUT2D eigenvalue weighted by Crippen LogP contribution is 2.55. The normalized spacial score (nSPS) is 10.8. The first-order valence-electron chi connectivity index (χ1n) is 9.09. The van der Waals surface area contributed by atoms with Crippen LogP contribution < -0.4 is 32.9 Å². The van der Waals surface area contributed by atoms with E-state index in [0.29, 0.717) is 12.6 Å². The molecular formula is C23H24BrO3P. The van der Waals surface area contributed by atoms with E-state index in [0.717, 1.165) is 15.9 Å². The highest BCUT2D eigenvalue weighted by molar-refractivity contribution is 7.96. The molecule has 3 aromatic carbocycles. The Morgan fingerprint density at radius 1 is 0.750 bits per heavy atom. The summed E-state index contributed by atoms with van der Waals surface area (Å²) in [7, 11) is -2.20. The van der Waals surface area contributed by atoms with Gasteiger partial charge in [-0.05, 0) is 36.4 Å². The van der Waals surface area contributed by atoms with E-state index < -0.39 is 7.26 Å². The molecule has 0 fully saturated rings. The van der Waals surface area contributed by atoms with E-state index >= 15 is 0 Å². The number of aliphatic hydroxyl groups excluding tert-OH is 1. The molecule has 5 heteroatoms. The average Bonchev–Trinajstić information content (AvgIpc) is 2.74. The second kappa shape index (κ2) is 11.1. The van der Waals surface area contributed by atoms with Gasteiger partial charge in [0.1, 0.15) is 23.2 Å². The van der Waals surface area contributed by atoms with Gasteiger partial charge in [-0.3, -0.25) is 0 Å². The quantitative estimate of drug-likeness (QED) is 0.291. The Labute approximate surface area is 177 Å². The van der Waals surface area contributed by atoms with Crippen molar-refractivity contribution in [3.8, 4) is 0 Å². The standard InChI is InChI=1S/C23H24O3P.BrH/c24-17-10-18-26-23(25)19-27(20-11-4-1-5-12-20,21-13-6-2-7-14-21)22-15-8-3-9-16-22;/h1-9,11-16,24H,10,17-19H2;1H/q+1;/p-1. The van der Waals surface area contributed by atoms with Crippen LogP contribution in [-0.2, 0) is 9.53 Å². The summed E-state index contributed by atoms with van der Waals surface area (Å²) < 4.78 is 5.43. The lowest BCUT2D eigenvalue weighted by Crippen LogP contribution is -3.00. The Balaban J connectivity index is 0.00000280. The van der Waals surface area contributed by atoms with Crippen LogP contribution in [0.1, 0.15) is 6.42 Å². The van der Waals surface area contributed by atoms with Crippen molar-refractivity contribution >= 4 is 29.1 Å². The zero-order chi connectivity index (χ0) is 19.0. The molecular weight excluding hydrogens is 435 g/mol. The summed E-state index contributed by atoms with van der Waals surface area (Å²) in [6.45, 7) is 0.261. The summed E-state index contributed by atoms with van der Waals surface area (Å²) in [5.74, 6) is -0.228. The van der Waals surface area contributed by atoms with Crippen molar-refractivity contribution in [3.63, 3.8) is 0 Å². The number of ether oxygens (including phenoxy) is 1. The van der Waals surface area contributed by atoms with Gasteiger partial charge in [-0.2, -0.15) is 0 Å². The lowest BCUT2D eigenvalue weighted by atomic mass is 10.4. The Bertz CT molecular complexity index is 745. The second-order valence-electron chi connectivity index (χ2n) is 6.27. The molecule has 0 atom stereocenters. The molecule has 1 N–H and O–H groups in total. The van der Waals surface area contributed by atoms with Crippen LogP contribution in [0.5, 0.6) is 0 Å². The Morgan fingerprint density at radius 3 is 1.50 bits per heavy atom. The van der Waals surface area contributed by atoms with Gasteiger partial charge in [0.05, 0.1) is 6.61 Å². The maximum atomic E-state index is 12.8. The Hall–Kier alpha value is -2.00. The molecule has 0 unspecified atom stereocenters. The van der Waals surface area contributed by atoms with E-state index in [1.165, 1.54) is 0 Å². The number of rotatable bonds is 8. The number of benzene rings is 3. The largest absolute Gasteiger partial charge is 1.00 e. The van der Waals surface area contributed by atoms with E-state index in [-0.39, 0.29) is 36.2 Å². The predicted octanol–water partition coefficient (Wildman–Crippen LogP) is -0.0899. The lowest BCUT2D eigenvalue weighted by molar-refractivity contribution is -0.140. The molecule has 0 amide bonds. The van der Waals surface area contributed by atoms with E-state index in [4.69, 9.17) is 9.84 Å². The zero-order valence-electron chi connectivity index (χ0n) is 15.6. The predicted molar refractivity (Wildman–Crippen MR) is 113 cm³/mol. The summed E-state index contributed by atoms with van der Waals surface area (Å²) >= 11 is 0. The molecule has 3 rings (SSSR count). The molecule has 0 saturated carbocycles. The van der Waals surface area contributed by atoms with Gasteiger partial charge in [-0.15, -0.1) is 0 Å². The fourth-order valence-electron chi connectivity index (χ4n) is 3.26. The van der Waals surface area contributed by atoms with Crippen LogP contribution in [0.4, 0.5) is 0 Å². The van der Waals surface area contributed by atoms with Crippen molar-refractivity contribution in [1.29, 1.82) is 0 Å². The molecule has 0 spiro atoms. The molecule has 0 saturated heterocycles. The number of esters is 1. The highest BCUT2D eigenvalue weighted by Gasteiger charge is 2.47. The number of aliphatic hydroxyl groups is 1. The van der Waals surface area contributed by atoms with E-state index in [9.17, 15) is 4.79 Å². The first-order chi connectivity index (χ1) is 13.3. The van der Waals surface area contributed by atoms with Gasteiger partial charge < -0.3 is 26.8 Å². The molecule has 0 heterocycles. The third kappa shape index (κ3) is 5.08. The van der Waals surface area contributed by atoms with Crippen LogP contribution >= 0.6 is 7.26 Å². The van der Waals surface area contributed by atoms with Crippen LogP contribution in [0.3, 0.4) is 0 Å². The maximum Gasteiger partial charge on any atom is 0.345 e. The third-order valence-corrected chi connectivity index (χ3v) is 8.79. The molecule has 3 nitrogen and oxygen atoms in total.